The van der Waals surface area contributed by atoms with E-state index in [0.29, 0.717) is 22.0 Å². The zero-order valence-corrected chi connectivity index (χ0v) is 13.1. The van der Waals surface area contributed by atoms with Gasteiger partial charge in [0.1, 0.15) is 11.4 Å². The fourth-order valence-corrected chi connectivity index (χ4v) is 4.51. The van der Waals surface area contributed by atoms with Crippen LogP contribution in [0.15, 0.2) is 14.8 Å². The Kier molecular flexibility index (Phi) is 3.26. The predicted molar refractivity (Wildman–Crippen MR) is 84.6 cm³/mol. The van der Waals surface area contributed by atoms with E-state index in [4.69, 9.17) is 23.2 Å². The van der Waals surface area contributed by atoms with Crippen LogP contribution in [0.5, 0.6) is 0 Å². The first-order chi connectivity index (χ1) is 9.72. The summed E-state index contributed by atoms with van der Waals surface area (Å²) < 4.78 is 8.61. The van der Waals surface area contributed by atoms with Crippen LogP contribution >= 0.6 is 23.2 Å². The maximum absolute atomic E-state index is 6.37. The smallest absolute Gasteiger partial charge is 0.130 e. The van der Waals surface area contributed by atoms with E-state index in [-0.39, 0.29) is 0 Å². The van der Waals surface area contributed by atoms with Gasteiger partial charge in [-0.05, 0) is 31.4 Å². The highest BCUT2D eigenvalue weighted by molar-refractivity contribution is 7.58. The SMILES string of the molecule is Clc1cc(Cl)c(NC2CCN3CCC2C3)c2c1N=S=N2. The molecule has 106 valence electrons. The molecule has 3 atom stereocenters. The average molecular weight is 329 g/mol. The van der Waals surface area contributed by atoms with Crippen molar-refractivity contribution in [2.24, 2.45) is 14.6 Å². The summed E-state index contributed by atoms with van der Waals surface area (Å²) in [5.41, 5.74) is 2.44. The second kappa shape index (κ2) is 4.98. The zero-order valence-electron chi connectivity index (χ0n) is 10.8. The maximum Gasteiger partial charge on any atom is 0.130 e. The number of nitrogens with one attached hydrogen (secondary N) is 1. The van der Waals surface area contributed by atoms with Crippen molar-refractivity contribution in [3.05, 3.63) is 16.1 Å². The van der Waals surface area contributed by atoms with Crippen LogP contribution in [-0.2, 0) is 11.4 Å². The van der Waals surface area contributed by atoms with Gasteiger partial charge in [-0.15, -0.1) is 0 Å². The minimum absolute atomic E-state index is 0.470. The van der Waals surface area contributed by atoms with E-state index < -0.39 is 0 Å². The van der Waals surface area contributed by atoms with Gasteiger partial charge in [-0.3, -0.25) is 0 Å². The second-order valence-electron chi connectivity index (χ2n) is 5.57. The number of hydrogen-bond acceptors (Lipinski definition) is 4. The van der Waals surface area contributed by atoms with Gasteiger partial charge in [0.15, 0.2) is 0 Å². The summed E-state index contributed by atoms with van der Waals surface area (Å²) in [7, 11) is 0. The van der Waals surface area contributed by atoms with Crippen LogP contribution in [0.1, 0.15) is 12.8 Å². The van der Waals surface area contributed by atoms with Crippen molar-refractivity contribution in [3.63, 3.8) is 0 Å². The number of halogens is 2. The highest BCUT2D eigenvalue weighted by Gasteiger charge is 2.35. The van der Waals surface area contributed by atoms with E-state index >= 15 is 0 Å². The lowest BCUT2D eigenvalue weighted by Crippen LogP contribution is -2.39. The van der Waals surface area contributed by atoms with Crippen LogP contribution in [0, 0.1) is 5.92 Å². The largest absolute Gasteiger partial charge is 0.379 e. The quantitative estimate of drug-likeness (QED) is 0.896. The summed E-state index contributed by atoms with van der Waals surface area (Å²) in [6.07, 6.45) is 2.42. The molecule has 3 unspecified atom stereocenters. The molecule has 0 aliphatic carbocycles. The number of anilines is 1. The molecule has 0 radical (unpaired) electrons. The average Bonchev–Trinajstić information content (AvgIpc) is 3.05. The second-order valence-corrected chi connectivity index (χ2v) is 6.91. The standard InChI is InChI=1S/C13H14Cl2N4S/c14-8-5-9(15)12-13(18-20-17-12)11(8)16-10-2-4-19-3-1-7(10)6-19/h5,7,10,16H,1-4,6H2. The molecule has 0 spiro atoms. The first-order valence-electron chi connectivity index (χ1n) is 6.81. The third-order valence-electron chi connectivity index (χ3n) is 4.41. The van der Waals surface area contributed by atoms with Crippen molar-refractivity contribution < 1.29 is 0 Å². The van der Waals surface area contributed by atoms with Crippen molar-refractivity contribution in [3.8, 4) is 0 Å². The Hall–Kier alpha value is -0.620. The fraction of sp³-hybridized carbons (Fsp3) is 0.538. The first kappa shape index (κ1) is 13.1. The van der Waals surface area contributed by atoms with E-state index in [1.54, 1.807) is 6.07 Å². The minimum Gasteiger partial charge on any atom is -0.379 e. The first-order valence-corrected chi connectivity index (χ1v) is 8.30. The molecule has 20 heavy (non-hydrogen) atoms. The Labute approximate surface area is 131 Å². The monoisotopic (exact) mass is 328 g/mol. The van der Waals surface area contributed by atoms with Gasteiger partial charge in [0, 0.05) is 19.1 Å². The summed E-state index contributed by atoms with van der Waals surface area (Å²) in [6.45, 7) is 3.59. The topological polar surface area (TPSA) is 40.0 Å². The van der Waals surface area contributed by atoms with Crippen molar-refractivity contribution >= 4 is 51.6 Å². The Balaban J connectivity index is 1.66. The highest BCUT2D eigenvalue weighted by Crippen LogP contribution is 2.48. The summed E-state index contributed by atoms with van der Waals surface area (Å²) in [4.78, 5) is 2.53. The lowest BCUT2D eigenvalue weighted by Gasteiger charge is -2.32. The van der Waals surface area contributed by atoms with Gasteiger partial charge in [-0.2, -0.15) is 8.73 Å². The lowest BCUT2D eigenvalue weighted by molar-refractivity contribution is 0.255. The number of nitrogens with zero attached hydrogens (tertiary/aromatic N) is 3. The number of piperidine rings is 1. The lowest BCUT2D eigenvalue weighted by atomic mass is 9.94. The summed E-state index contributed by atoms with van der Waals surface area (Å²) in [6, 6.07) is 2.23. The molecule has 1 N–H and O–H groups in total. The highest BCUT2D eigenvalue weighted by atomic mass is 35.5. The zero-order chi connectivity index (χ0) is 13.7. The van der Waals surface area contributed by atoms with E-state index in [2.05, 4.69) is 18.9 Å². The van der Waals surface area contributed by atoms with E-state index in [0.717, 1.165) is 30.0 Å². The van der Waals surface area contributed by atoms with Gasteiger partial charge in [0.2, 0.25) is 0 Å². The molecule has 0 aromatic heterocycles. The molecular weight excluding hydrogens is 315 g/mol. The predicted octanol–water partition coefficient (Wildman–Crippen LogP) is 4.23. The minimum atomic E-state index is 0.470. The fourth-order valence-electron chi connectivity index (χ4n) is 3.34. The van der Waals surface area contributed by atoms with Gasteiger partial charge in [0.05, 0.1) is 27.1 Å². The van der Waals surface area contributed by atoms with Crippen LogP contribution in [-0.4, -0.2) is 30.6 Å². The van der Waals surface area contributed by atoms with E-state index in [1.165, 1.54) is 30.9 Å². The maximum atomic E-state index is 6.37. The molecule has 4 nitrogen and oxygen atoms in total. The number of rotatable bonds is 2. The van der Waals surface area contributed by atoms with Crippen LogP contribution in [0.4, 0.5) is 17.1 Å². The number of hydrogen-bond donors (Lipinski definition) is 1. The number of fused-ring (bicyclic) bond motifs is 3. The van der Waals surface area contributed by atoms with Crippen LogP contribution in [0.2, 0.25) is 10.0 Å². The molecule has 4 rings (SSSR count). The van der Waals surface area contributed by atoms with Crippen LogP contribution in [0.3, 0.4) is 0 Å². The number of benzene rings is 1. The molecule has 3 aliphatic heterocycles. The summed E-state index contributed by atoms with van der Waals surface area (Å²) >= 11 is 13.7. The molecule has 2 fully saturated rings. The molecule has 0 saturated carbocycles. The van der Waals surface area contributed by atoms with Crippen LogP contribution in [0.25, 0.3) is 0 Å². The molecule has 1 aromatic rings. The van der Waals surface area contributed by atoms with Gasteiger partial charge in [0.25, 0.3) is 0 Å². The third-order valence-corrected chi connectivity index (χ3v) is 5.52. The summed E-state index contributed by atoms with van der Waals surface area (Å²) in [5, 5.41) is 4.82. The van der Waals surface area contributed by atoms with Gasteiger partial charge in [-0.25, -0.2) is 0 Å². The molecule has 1 aromatic carbocycles. The Morgan fingerprint density at radius 1 is 1.15 bits per heavy atom. The normalized spacial score (nSPS) is 30.2. The molecule has 3 heterocycles. The molecule has 7 heteroatoms. The van der Waals surface area contributed by atoms with Crippen molar-refractivity contribution in [1.29, 1.82) is 0 Å². The van der Waals surface area contributed by atoms with Gasteiger partial charge >= 0.3 is 0 Å². The molecule has 0 amide bonds. The van der Waals surface area contributed by atoms with Crippen molar-refractivity contribution in [2.45, 2.75) is 18.9 Å². The Bertz CT molecular complexity index is 642. The Morgan fingerprint density at radius 2 is 1.95 bits per heavy atom. The van der Waals surface area contributed by atoms with Crippen LogP contribution < -0.4 is 5.32 Å². The summed E-state index contributed by atoms with van der Waals surface area (Å²) in [5.74, 6) is 0.706. The Morgan fingerprint density at radius 3 is 2.85 bits per heavy atom. The third kappa shape index (κ3) is 2.08. The molecule has 3 aliphatic rings. The molecule has 2 bridgehead atoms. The van der Waals surface area contributed by atoms with Crippen molar-refractivity contribution in [2.75, 3.05) is 25.0 Å². The van der Waals surface area contributed by atoms with Crippen molar-refractivity contribution in [1.82, 2.24) is 4.90 Å². The molecular formula is C13H14Cl2N4S. The van der Waals surface area contributed by atoms with Gasteiger partial charge < -0.3 is 10.2 Å². The van der Waals surface area contributed by atoms with E-state index in [9.17, 15) is 0 Å². The molecule has 2 saturated heterocycles. The van der Waals surface area contributed by atoms with E-state index in [1.807, 2.05) is 0 Å². The van der Waals surface area contributed by atoms with Gasteiger partial charge in [-0.1, -0.05) is 23.2 Å².